The second-order valence-electron chi connectivity index (χ2n) is 6.23. The second-order valence-corrected chi connectivity index (χ2v) is 7.99. The van der Waals surface area contributed by atoms with Crippen LogP contribution in [-0.4, -0.2) is 39.5 Å². The Morgan fingerprint density at radius 2 is 1.66 bits per heavy atom. The van der Waals surface area contributed by atoms with E-state index in [4.69, 9.17) is 0 Å². The molecule has 0 saturated heterocycles. The maximum Gasteiger partial charge on any atom is 0.416 e. The van der Waals surface area contributed by atoms with Crippen LogP contribution < -0.4 is 15.4 Å². The average molecular weight is 473 g/mol. The van der Waals surface area contributed by atoms with Crippen molar-refractivity contribution in [1.29, 1.82) is 0 Å². The Bertz CT molecular complexity index is 1080. The number of benzene rings is 2. The fraction of sp³-hybridized carbons (Fsp3) is 0.211. The molecule has 2 aromatic carbocycles. The summed E-state index contributed by atoms with van der Waals surface area (Å²) in [5.74, 6) is -2.15. The van der Waals surface area contributed by atoms with Gasteiger partial charge in [-0.1, -0.05) is 36.4 Å². The van der Waals surface area contributed by atoms with Gasteiger partial charge < -0.3 is 10.1 Å². The molecule has 0 unspecified atom stereocenters. The Labute approximate surface area is 181 Å². The van der Waals surface area contributed by atoms with Crippen LogP contribution in [0.2, 0.25) is 0 Å². The molecule has 0 atom stereocenters. The number of halogens is 3. The molecule has 0 aliphatic carbocycles. The van der Waals surface area contributed by atoms with Gasteiger partial charge >= 0.3 is 18.2 Å². The van der Waals surface area contributed by atoms with Crippen LogP contribution >= 0.6 is 0 Å². The van der Waals surface area contributed by atoms with Gasteiger partial charge in [0.05, 0.1) is 10.5 Å². The third kappa shape index (κ3) is 8.00. The molecule has 0 aromatic heterocycles. The Hall–Kier alpha value is -3.45. The molecule has 2 aromatic rings. The van der Waals surface area contributed by atoms with Gasteiger partial charge in [-0.3, -0.25) is 14.9 Å². The summed E-state index contributed by atoms with van der Waals surface area (Å²) >= 11 is 0. The quantitative estimate of drug-likeness (QED) is 0.499. The summed E-state index contributed by atoms with van der Waals surface area (Å²) in [6, 6.07) is 10.9. The minimum absolute atomic E-state index is 0.150. The molecular weight excluding hydrogens is 455 g/mol. The van der Waals surface area contributed by atoms with Gasteiger partial charge in [-0.25, -0.2) is 13.2 Å². The third-order valence-electron chi connectivity index (χ3n) is 3.79. The first-order chi connectivity index (χ1) is 15.0. The lowest BCUT2D eigenvalue weighted by Crippen LogP contribution is -2.41. The number of ether oxygens (including phenoxy) is 1. The number of amides is 3. The lowest BCUT2D eigenvalue weighted by molar-refractivity contribution is -0.147. The molecule has 2 rings (SSSR count). The number of sulfonamides is 1. The van der Waals surface area contributed by atoms with Crippen molar-refractivity contribution in [2.24, 2.45) is 0 Å². The maximum absolute atomic E-state index is 12.7. The molecule has 0 bridgehead atoms. The number of nitrogens with one attached hydrogen (secondary N) is 3. The predicted octanol–water partition coefficient (Wildman–Crippen LogP) is 1.55. The van der Waals surface area contributed by atoms with Crippen molar-refractivity contribution in [2.45, 2.75) is 17.6 Å². The summed E-state index contributed by atoms with van der Waals surface area (Å²) in [4.78, 5) is 34.2. The third-order valence-corrected chi connectivity index (χ3v) is 5.19. The number of carbonyl (C=O) groups is 3. The summed E-state index contributed by atoms with van der Waals surface area (Å²) in [7, 11) is -4.44. The molecule has 0 fully saturated rings. The average Bonchev–Trinajstić information content (AvgIpc) is 2.75. The zero-order valence-corrected chi connectivity index (χ0v) is 17.1. The summed E-state index contributed by atoms with van der Waals surface area (Å²) < 4.78 is 68.6. The number of urea groups is 1. The van der Waals surface area contributed by atoms with Crippen LogP contribution in [0.1, 0.15) is 11.1 Å². The number of hydrogen-bond acceptors (Lipinski definition) is 6. The fourth-order valence-corrected chi connectivity index (χ4v) is 3.27. The van der Waals surface area contributed by atoms with Gasteiger partial charge in [0, 0.05) is 6.54 Å². The van der Waals surface area contributed by atoms with Gasteiger partial charge in [-0.2, -0.15) is 17.9 Å². The Morgan fingerprint density at radius 3 is 2.31 bits per heavy atom. The second kappa shape index (κ2) is 10.7. The lowest BCUT2D eigenvalue weighted by atomic mass is 10.2. The van der Waals surface area contributed by atoms with Crippen LogP contribution in [-0.2, 0) is 37.1 Å². The van der Waals surface area contributed by atoms with E-state index in [1.54, 1.807) is 35.1 Å². The Morgan fingerprint density at radius 1 is 0.969 bits per heavy atom. The first-order valence-corrected chi connectivity index (χ1v) is 10.4. The SMILES string of the molecule is O=C(COC(=O)CNS(=O)(=O)c1cccc(C(F)(F)F)c1)NC(=O)NCc1ccccc1. The van der Waals surface area contributed by atoms with Gasteiger partial charge in [0.25, 0.3) is 5.91 Å². The minimum Gasteiger partial charge on any atom is -0.455 e. The van der Waals surface area contributed by atoms with Crippen LogP contribution in [0.15, 0.2) is 59.5 Å². The van der Waals surface area contributed by atoms with Crippen molar-refractivity contribution in [3.63, 3.8) is 0 Å². The number of rotatable bonds is 8. The van der Waals surface area contributed by atoms with E-state index in [0.29, 0.717) is 12.1 Å². The van der Waals surface area contributed by atoms with Gasteiger partial charge in [-0.15, -0.1) is 0 Å². The smallest absolute Gasteiger partial charge is 0.416 e. The summed E-state index contributed by atoms with van der Waals surface area (Å²) in [6.45, 7) is -1.66. The van der Waals surface area contributed by atoms with Crippen LogP contribution in [0.25, 0.3) is 0 Å². The Balaban J connectivity index is 1.76. The maximum atomic E-state index is 12.7. The largest absolute Gasteiger partial charge is 0.455 e. The topological polar surface area (TPSA) is 131 Å². The minimum atomic E-state index is -4.74. The highest BCUT2D eigenvalue weighted by Crippen LogP contribution is 2.30. The van der Waals surface area contributed by atoms with Crippen molar-refractivity contribution in [2.75, 3.05) is 13.2 Å². The Kier molecular flexibility index (Phi) is 8.32. The molecule has 0 radical (unpaired) electrons. The van der Waals surface area contributed by atoms with E-state index in [2.05, 4.69) is 10.1 Å². The van der Waals surface area contributed by atoms with Gasteiger partial charge in [0.15, 0.2) is 6.61 Å². The van der Waals surface area contributed by atoms with Crippen molar-refractivity contribution in [3.8, 4) is 0 Å². The normalized spacial score (nSPS) is 11.5. The van der Waals surface area contributed by atoms with E-state index in [1.165, 1.54) is 0 Å². The van der Waals surface area contributed by atoms with Gasteiger partial charge in [0.2, 0.25) is 10.0 Å². The summed E-state index contributed by atoms with van der Waals surface area (Å²) in [5.41, 5.74) is -0.389. The molecule has 0 aliphatic rings. The molecule has 32 heavy (non-hydrogen) atoms. The van der Waals surface area contributed by atoms with Crippen LogP contribution in [0.5, 0.6) is 0 Å². The molecule has 3 amide bonds. The van der Waals surface area contributed by atoms with E-state index >= 15 is 0 Å². The lowest BCUT2D eigenvalue weighted by Gasteiger charge is -2.10. The van der Waals surface area contributed by atoms with E-state index in [1.807, 2.05) is 5.32 Å². The standard InChI is InChI=1S/C19H18F3N3O6S/c20-19(21,22)14-7-4-8-15(9-14)32(29,30)24-11-17(27)31-12-16(26)25-18(28)23-10-13-5-2-1-3-6-13/h1-9,24H,10-12H2,(H2,23,25,26,28). The van der Waals surface area contributed by atoms with E-state index < -0.39 is 57.7 Å². The molecule has 3 N–H and O–H groups in total. The molecule has 0 heterocycles. The van der Waals surface area contributed by atoms with E-state index in [-0.39, 0.29) is 6.54 Å². The molecule has 0 aliphatic heterocycles. The molecule has 13 heteroatoms. The zero-order chi connectivity index (χ0) is 23.8. The highest BCUT2D eigenvalue weighted by atomic mass is 32.2. The number of hydrogen-bond donors (Lipinski definition) is 3. The molecule has 172 valence electrons. The van der Waals surface area contributed by atoms with Crippen LogP contribution in [0, 0.1) is 0 Å². The monoisotopic (exact) mass is 473 g/mol. The fourth-order valence-electron chi connectivity index (χ4n) is 2.26. The summed E-state index contributed by atoms with van der Waals surface area (Å²) in [6.07, 6.45) is -4.74. The van der Waals surface area contributed by atoms with Gasteiger partial charge in [0.1, 0.15) is 6.54 Å². The number of imide groups is 1. The number of esters is 1. The highest BCUT2D eigenvalue weighted by Gasteiger charge is 2.31. The predicted molar refractivity (Wildman–Crippen MR) is 104 cm³/mol. The highest BCUT2D eigenvalue weighted by molar-refractivity contribution is 7.89. The zero-order valence-electron chi connectivity index (χ0n) is 16.3. The molecule has 0 spiro atoms. The first kappa shape index (κ1) is 24.8. The number of carbonyl (C=O) groups excluding carboxylic acids is 3. The van der Waals surface area contributed by atoms with E-state index in [9.17, 15) is 36.0 Å². The number of alkyl halides is 3. The van der Waals surface area contributed by atoms with Crippen LogP contribution in [0.3, 0.4) is 0 Å². The van der Waals surface area contributed by atoms with E-state index in [0.717, 1.165) is 17.7 Å². The first-order valence-electron chi connectivity index (χ1n) is 8.91. The van der Waals surface area contributed by atoms with Crippen molar-refractivity contribution >= 4 is 27.9 Å². The molecule has 0 saturated carbocycles. The van der Waals surface area contributed by atoms with Gasteiger partial charge in [-0.05, 0) is 23.8 Å². The van der Waals surface area contributed by atoms with Crippen molar-refractivity contribution in [3.05, 3.63) is 65.7 Å². The van der Waals surface area contributed by atoms with Crippen molar-refractivity contribution < 1.29 is 40.7 Å². The molecule has 9 nitrogen and oxygen atoms in total. The molecular formula is C19H18F3N3O6S. The summed E-state index contributed by atoms with van der Waals surface area (Å²) in [5, 5.41) is 4.33. The van der Waals surface area contributed by atoms with Crippen LogP contribution in [0.4, 0.5) is 18.0 Å². The van der Waals surface area contributed by atoms with Crippen molar-refractivity contribution in [1.82, 2.24) is 15.4 Å².